The van der Waals surface area contributed by atoms with Gasteiger partial charge >= 0.3 is 0 Å². The van der Waals surface area contributed by atoms with Crippen LogP contribution in [-0.4, -0.2) is 42.4 Å². The fraction of sp³-hybridized carbons (Fsp3) is 0.400. The Kier molecular flexibility index (Phi) is 5.30. The van der Waals surface area contributed by atoms with Gasteiger partial charge in [-0.1, -0.05) is 0 Å². The smallest absolute Gasteiger partial charge is 0.224 e. The second-order valence-corrected chi connectivity index (χ2v) is 4.93. The van der Waals surface area contributed by atoms with E-state index in [1.807, 2.05) is 0 Å². The van der Waals surface area contributed by atoms with Crippen molar-refractivity contribution in [3.8, 4) is 0 Å². The summed E-state index contributed by atoms with van der Waals surface area (Å²) in [6.45, 7) is 0.643. The molecule has 0 aliphatic heterocycles. The molecule has 3 N–H and O–H groups in total. The average Bonchev–Trinajstić information content (AvgIpc) is 2.81. The highest BCUT2D eigenvalue weighted by Gasteiger charge is 2.10. The zero-order chi connectivity index (χ0) is 15.2. The molecule has 1 amide bonds. The minimum atomic E-state index is -0.577. The highest BCUT2D eigenvalue weighted by Crippen LogP contribution is 2.19. The summed E-state index contributed by atoms with van der Waals surface area (Å²) in [5.41, 5.74) is 1.49. The summed E-state index contributed by atoms with van der Waals surface area (Å²) < 4.78 is 17.9. The molecule has 0 fully saturated rings. The Morgan fingerprint density at radius 1 is 1.52 bits per heavy atom. The molecule has 21 heavy (non-hydrogen) atoms. The van der Waals surface area contributed by atoms with E-state index in [1.165, 1.54) is 19.2 Å². The number of ether oxygens (including phenoxy) is 1. The van der Waals surface area contributed by atoms with Crippen LogP contribution in [0, 0.1) is 5.82 Å². The van der Waals surface area contributed by atoms with E-state index in [2.05, 4.69) is 10.3 Å². The molecule has 1 unspecified atom stereocenters. The summed E-state index contributed by atoms with van der Waals surface area (Å²) in [5, 5.41) is 13.1. The Bertz CT molecular complexity index is 612. The Morgan fingerprint density at radius 3 is 3.10 bits per heavy atom. The summed E-state index contributed by atoms with van der Waals surface area (Å²) in [6, 6.07) is 4.43. The predicted molar refractivity (Wildman–Crippen MR) is 77.5 cm³/mol. The zero-order valence-corrected chi connectivity index (χ0v) is 11.9. The number of aliphatic hydroxyl groups excluding tert-OH is 1. The number of carbonyl (C=O) groups excluding carboxylic acids is 1. The van der Waals surface area contributed by atoms with Gasteiger partial charge < -0.3 is 20.1 Å². The topological polar surface area (TPSA) is 74.3 Å². The number of hydrogen-bond donors (Lipinski definition) is 3. The summed E-state index contributed by atoms with van der Waals surface area (Å²) in [7, 11) is 1.52. The van der Waals surface area contributed by atoms with Crippen LogP contribution in [0.5, 0.6) is 0 Å². The SMILES string of the molecule is COCC(O)CCNC(=O)Cc1c[nH]c2cc(F)ccc12. The van der Waals surface area contributed by atoms with Crippen molar-refractivity contribution in [3.05, 3.63) is 35.8 Å². The van der Waals surface area contributed by atoms with Crippen LogP contribution in [-0.2, 0) is 16.0 Å². The molecule has 0 spiro atoms. The number of benzene rings is 1. The first-order chi connectivity index (χ1) is 10.1. The van der Waals surface area contributed by atoms with Crippen LogP contribution in [0.3, 0.4) is 0 Å². The average molecular weight is 294 g/mol. The molecule has 2 aromatic rings. The van der Waals surface area contributed by atoms with Gasteiger partial charge in [0.15, 0.2) is 0 Å². The quantitative estimate of drug-likeness (QED) is 0.722. The Hall–Kier alpha value is -1.92. The lowest BCUT2D eigenvalue weighted by atomic mass is 10.1. The molecule has 0 saturated heterocycles. The Morgan fingerprint density at radius 2 is 2.33 bits per heavy atom. The molecule has 114 valence electrons. The number of H-pyrrole nitrogens is 1. The monoisotopic (exact) mass is 294 g/mol. The molecule has 1 aromatic carbocycles. The van der Waals surface area contributed by atoms with Crippen LogP contribution >= 0.6 is 0 Å². The van der Waals surface area contributed by atoms with Gasteiger partial charge in [-0.05, 0) is 30.2 Å². The van der Waals surface area contributed by atoms with Gasteiger partial charge in [-0.25, -0.2) is 4.39 Å². The third kappa shape index (κ3) is 4.27. The number of carbonyl (C=O) groups is 1. The van der Waals surface area contributed by atoms with E-state index < -0.39 is 6.10 Å². The van der Waals surface area contributed by atoms with Gasteiger partial charge in [-0.3, -0.25) is 4.79 Å². The van der Waals surface area contributed by atoms with Crippen molar-refractivity contribution in [1.82, 2.24) is 10.3 Å². The van der Waals surface area contributed by atoms with Crippen molar-refractivity contribution in [1.29, 1.82) is 0 Å². The minimum Gasteiger partial charge on any atom is -0.391 e. The standard InChI is InChI=1S/C15H19FN2O3/c1-21-9-12(19)4-5-17-15(20)6-10-8-18-14-7-11(16)2-3-13(10)14/h2-3,7-8,12,18-19H,4-6,9H2,1H3,(H,17,20). The van der Waals surface area contributed by atoms with Gasteiger partial charge in [-0.2, -0.15) is 0 Å². The number of methoxy groups -OCH3 is 1. The van der Waals surface area contributed by atoms with Crippen LogP contribution in [0.15, 0.2) is 24.4 Å². The number of fused-ring (bicyclic) bond motifs is 1. The highest BCUT2D eigenvalue weighted by atomic mass is 19.1. The summed E-state index contributed by atoms with van der Waals surface area (Å²) >= 11 is 0. The van der Waals surface area contributed by atoms with Crippen molar-refractivity contribution in [2.45, 2.75) is 18.9 Å². The number of aromatic amines is 1. The minimum absolute atomic E-state index is 0.134. The lowest BCUT2D eigenvalue weighted by molar-refractivity contribution is -0.120. The number of halogens is 1. The zero-order valence-electron chi connectivity index (χ0n) is 11.9. The van der Waals surface area contributed by atoms with Crippen LogP contribution in [0.2, 0.25) is 0 Å². The number of rotatable bonds is 7. The molecule has 2 rings (SSSR count). The van der Waals surface area contributed by atoms with Crippen molar-refractivity contribution in [2.24, 2.45) is 0 Å². The summed E-state index contributed by atoms with van der Waals surface area (Å²) in [5.74, 6) is -0.447. The molecule has 0 saturated carbocycles. The third-order valence-electron chi connectivity index (χ3n) is 3.24. The summed E-state index contributed by atoms with van der Waals surface area (Å²) in [6.07, 6.45) is 1.79. The molecule has 1 atom stereocenters. The molecule has 5 nitrogen and oxygen atoms in total. The Balaban J connectivity index is 1.87. The van der Waals surface area contributed by atoms with E-state index in [4.69, 9.17) is 4.74 Å². The van der Waals surface area contributed by atoms with Gasteiger partial charge in [0.1, 0.15) is 5.82 Å². The molecule has 0 aliphatic carbocycles. The lowest BCUT2D eigenvalue weighted by Gasteiger charge is -2.09. The van der Waals surface area contributed by atoms with Gasteiger partial charge in [0.25, 0.3) is 0 Å². The maximum atomic E-state index is 13.1. The summed E-state index contributed by atoms with van der Waals surface area (Å²) in [4.78, 5) is 14.8. The third-order valence-corrected chi connectivity index (χ3v) is 3.24. The number of aromatic nitrogens is 1. The number of aliphatic hydroxyl groups is 1. The molecule has 1 aromatic heterocycles. The first-order valence-electron chi connectivity index (χ1n) is 6.79. The normalized spacial score (nSPS) is 12.5. The van der Waals surface area contributed by atoms with Gasteiger partial charge in [0.05, 0.1) is 19.1 Å². The van der Waals surface area contributed by atoms with Gasteiger partial charge in [0.2, 0.25) is 5.91 Å². The van der Waals surface area contributed by atoms with E-state index in [0.29, 0.717) is 18.5 Å². The van der Waals surface area contributed by atoms with E-state index in [1.54, 1.807) is 12.3 Å². The van der Waals surface area contributed by atoms with Crippen LogP contribution < -0.4 is 5.32 Å². The predicted octanol–water partition coefficient (Wildman–Crippen LogP) is 1.36. The highest BCUT2D eigenvalue weighted by molar-refractivity contribution is 5.88. The molecule has 0 radical (unpaired) electrons. The van der Waals surface area contributed by atoms with Gasteiger partial charge in [0, 0.05) is 30.8 Å². The van der Waals surface area contributed by atoms with Gasteiger partial charge in [-0.15, -0.1) is 0 Å². The number of hydrogen-bond acceptors (Lipinski definition) is 3. The first-order valence-corrected chi connectivity index (χ1v) is 6.79. The van der Waals surface area contributed by atoms with E-state index in [-0.39, 0.29) is 24.8 Å². The van der Waals surface area contributed by atoms with E-state index in [0.717, 1.165) is 10.9 Å². The lowest BCUT2D eigenvalue weighted by Crippen LogP contribution is -2.29. The number of amides is 1. The number of nitrogens with one attached hydrogen (secondary N) is 2. The van der Waals surface area contributed by atoms with Crippen LogP contribution in [0.1, 0.15) is 12.0 Å². The second kappa shape index (κ2) is 7.19. The first kappa shape index (κ1) is 15.5. The van der Waals surface area contributed by atoms with Crippen LogP contribution in [0.25, 0.3) is 10.9 Å². The molecular formula is C15H19FN2O3. The fourth-order valence-corrected chi connectivity index (χ4v) is 2.19. The Labute approximate surface area is 122 Å². The van der Waals surface area contributed by atoms with Crippen molar-refractivity contribution in [3.63, 3.8) is 0 Å². The van der Waals surface area contributed by atoms with E-state index in [9.17, 15) is 14.3 Å². The molecule has 1 heterocycles. The van der Waals surface area contributed by atoms with Crippen molar-refractivity contribution < 1.29 is 19.0 Å². The maximum Gasteiger partial charge on any atom is 0.224 e. The van der Waals surface area contributed by atoms with Crippen LogP contribution in [0.4, 0.5) is 4.39 Å². The molecule has 6 heteroatoms. The van der Waals surface area contributed by atoms with E-state index >= 15 is 0 Å². The van der Waals surface area contributed by atoms with Crippen molar-refractivity contribution in [2.75, 3.05) is 20.3 Å². The largest absolute Gasteiger partial charge is 0.391 e. The maximum absolute atomic E-state index is 13.1. The molecule has 0 bridgehead atoms. The molecular weight excluding hydrogens is 275 g/mol. The van der Waals surface area contributed by atoms with Crippen molar-refractivity contribution >= 4 is 16.8 Å². The second-order valence-electron chi connectivity index (χ2n) is 4.93. The molecule has 0 aliphatic rings. The fourth-order valence-electron chi connectivity index (χ4n) is 2.19.